The maximum Gasteiger partial charge on any atom is 0.237 e. The molecule has 1 N–H and O–H groups in total. The number of aromatic nitrogens is 2. The molecule has 124 valence electrons. The first-order valence-corrected chi connectivity index (χ1v) is 7.86. The van der Waals surface area contributed by atoms with Crippen molar-refractivity contribution in [1.82, 2.24) is 9.97 Å². The topological polar surface area (TPSA) is 73.3 Å². The Morgan fingerprint density at radius 3 is 2.76 bits per heavy atom. The molecule has 4 rings (SSSR count). The summed E-state index contributed by atoms with van der Waals surface area (Å²) >= 11 is 0. The molecule has 1 atom stereocenters. The maximum absolute atomic E-state index is 12.5. The van der Waals surface area contributed by atoms with E-state index in [1.165, 1.54) is 6.20 Å². The minimum atomic E-state index is -0.299. The largest absolute Gasteiger partial charge is 0.492 e. The maximum atomic E-state index is 12.5. The Morgan fingerprint density at radius 1 is 1.12 bits per heavy atom. The van der Waals surface area contributed by atoms with Crippen molar-refractivity contribution in [2.24, 2.45) is 0 Å². The molecule has 0 fully saturated rings. The van der Waals surface area contributed by atoms with Gasteiger partial charge in [0.1, 0.15) is 24.0 Å². The van der Waals surface area contributed by atoms with Crippen molar-refractivity contribution in [2.75, 3.05) is 11.9 Å². The Balaban J connectivity index is 1.42. The third-order valence-corrected chi connectivity index (χ3v) is 3.90. The average Bonchev–Trinajstić information content (AvgIpc) is 3.08. The van der Waals surface area contributed by atoms with E-state index >= 15 is 0 Å². The highest BCUT2D eigenvalue weighted by molar-refractivity contribution is 5.96. The molecule has 2 heterocycles. The molecule has 1 aliphatic heterocycles. The van der Waals surface area contributed by atoms with Crippen LogP contribution in [-0.4, -0.2) is 22.5 Å². The van der Waals surface area contributed by atoms with Crippen LogP contribution < -0.4 is 14.8 Å². The van der Waals surface area contributed by atoms with Gasteiger partial charge in [-0.2, -0.15) is 0 Å². The zero-order chi connectivity index (χ0) is 17.1. The van der Waals surface area contributed by atoms with E-state index in [0.717, 1.165) is 11.3 Å². The zero-order valence-corrected chi connectivity index (χ0v) is 13.3. The van der Waals surface area contributed by atoms with Gasteiger partial charge in [-0.3, -0.25) is 9.78 Å². The van der Waals surface area contributed by atoms with Gasteiger partial charge in [0.2, 0.25) is 11.8 Å². The summed E-state index contributed by atoms with van der Waals surface area (Å²) in [5, 5.41) is 2.91. The van der Waals surface area contributed by atoms with Crippen LogP contribution in [0.5, 0.6) is 17.4 Å². The molecular formula is C19H15N3O3. The van der Waals surface area contributed by atoms with E-state index in [4.69, 9.17) is 9.47 Å². The summed E-state index contributed by atoms with van der Waals surface area (Å²) in [6.07, 6.45) is 4.68. The molecule has 1 aliphatic rings. The van der Waals surface area contributed by atoms with Crippen molar-refractivity contribution in [2.45, 2.75) is 5.92 Å². The summed E-state index contributed by atoms with van der Waals surface area (Å²) in [5.41, 5.74) is 1.61. The Hall–Kier alpha value is -3.41. The van der Waals surface area contributed by atoms with Crippen LogP contribution in [-0.2, 0) is 4.79 Å². The molecule has 6 nitrogen and oxygen atoms in total. The van der Waals surface area contributed by atoms with Crippen LogP contribution in [0.3, 0.4) is 0 Å². The number of para-hydroxylation sites is 1. The number of carbonyl (C=O) groups is 1. The Morgan fingerprint density at radius 2 is 1.96 bits per heavy atom. The molecule has 3 aromatic rings. The summed E-state index contributed by atoms with van der Waals surface area (Å²) in [4.78, 5) is 20.5. The van der Waals surface area contributed by atoms with Crippen LogP contribution in [0, 0.1) is 0 Å². The minimum Gasteiger partial charge on any atom is -0.492 e. The Labute approximate surface area is 144 Å². The number of nitrogens with zero attached hydrogens (tertiary/aromatic N) is 2. The predicted molar refractivity (Wildman–Crippen MR) is 91.9 cm³/mol. The standard InChI is InChI=1S/C19H15N3O3/c23-19(16-12-24-17-4-2-1-3-15(16)17)22-13-5-7-14(8-6-13)25-18-11-20-9-10-21-18/h1-11,16H,12H2,(H,22,23)/t16-/m1/s1. The molecule has 25 heavy (non-hydrogen) atoms. The van der Waals surface area contributed by atoms with Gasteiger partial charge in [-0.05, 0) is 30.3 Å². The summed E-state index contributed by atoms with van der Waals surface area (Å²) in [6, 6.07) is 14.7. The second kappa shape index (κ2) is 6.60. The van der Waals surface area contributed by atoms with Crippen molar-refractivity contribution in [1.29, 1.82) is 0 Å². The third kappa shape index (κ3) is 3.28. The third-order valence-electron chi connectivity index (χ3n) is 3.90. The van der Waals surface area contributed by atoms with Crippen molar-refractivity contribution in [3.63, 3.8) is 0 Å². The molecular weight excluding hydrogens is 318 g/mol. The first-order valence-electron chi connectivity index (χ1n) is 7.86. The highest BCUT2D eigenvalue weighted by Crippen LogP contribution is 2.34. The molecule has 0 unspecified atom stereocenters. The van der Waals surface area contributed by atoms with Crippen molar-refractivity contribution < 1.29 is 14.3 Å². The normalized spacial score (nSPS) is 15.1. The molecule has 6 heteroatoms. The van der Waals surface area contributed by atoms with Crippen molar-refractivity contribution in [3.05, 3.63) is 72.7 Å². The van der Waals surface area contributed by atoms with E-state index in [0.29, 0.717) is 23.9 Å². The highest BCUT2D eigenvalue weighted by Gasteiger charge is 2.29. The van der Waals surface area contributed by atoms with E-state index in [9.17, 15) is 4.79 Å². The van der Waals surface area contributed by atoms with E-state index in [2.05, 4.69) is 15.3 Å². The molecule has 0 spiro atoms. The lowest BCUT2D eigenvalue weighted by Gasteiger charge is -2.11. The van der Waals surface area contributed by atoms with Crippen molar-refractivity contribution >= 4 is 11.6 Å². The number of ether oxygens (including phenoxy) is 2. The van der Waals surface area contributed by atoms with Crippen LogP contribution in [0.25, 0.3) is 0 Å². The molecule has 1 amide bonds. The Bertz CT molecular complexity index is 882. The predicted octanol–water partition coefficient (Wildman–Crippen LogP) is 3.38. The monoisotopic (exact) mass is 333 g/mol. The van der Waals surface area contributed by atoms with Crippen LogP contribution in [0.15, 0.2) is 67.1 Å². The molecule has 0 saturated carbocycles. The second-order valence-electron chi connectivity index (χ2n) is 5.56. The first-order chi connectivity index (χ1) is 12.3. The van der Waals surface area contributed by atoms with Gasteiger partial charge >= 0.3 is 0 Å². The molecule has 0 aliphatic carbocycles. The van der Waals surface area contributed by atoms with E-state index in [1.54, 1.807) is 36.7 Å². The molecule has 0 saturated heterocycles. The van der Waals surface area contributed by atoms with Gasteiger partial charge in [-0.15, -0.1) is 0 Å². The highest BCUT2D eigenvalue weighted by atomic mass is 16.5. The van der Waals surface area contributed by atoms with Gasteiger partial charge in [0.15, 0.2) is 0 Å². The van der Waals surface area contributed by atoms with Gasteiger partial charge in [0.25, 0.3) is 0 Å². The van der Waals surface area contributed by atoms with Crippen LogP contribution >= 0.6 is 0 Å². The second-order valence-corrected chi connectivity index (χ2v) is 5.56. The number of fused-ring (bicyclic) bond motifs is 1. The van der Waals surface area contributed by atoms with E-state index in [1.807, 2.05) is 24.3 Å². The lowest BCUT2D eigenvalue weighted by atomic mass is 10.0. The number of rotatable bonds is 4. The smallest absolute Gasteiger partial charge is 0.237 e. The number of carbonyl (C=O) groups excluding carboxylic acids is 1. The molecule has 0 radical (unpaired) electrons. The van der Waals surface area contributed by atoms with Gasteiger partial charge in [0, 0.05) is 23.6 Å². The fraction of sp³-hybridized carbons (Fsp3) is 0.105. The summed E-state index contributed by atoms with van der Waals surface area (Å²) in [6.45, 7) is 0.360. The van der Waals surface area contributed by atoms with E-state index < -0.39 is 0 Å². The fourth-order valence-corrected chi connectivity index (χ4v) is 2.67. The van der Waals surface area contributed by atoms with Crippen LogP contribution in [0.2, 0.25) is 0 Å². The number of benzene rings is 2. The lowest BCUT2D eigenvalue weighted by molar-refractivity contribution is -0.117. The lowest BCUT2D eigenvalue weighted by Crippen LogP contribution is -2.22. The summed E-state index contributed by atoms with van der Waals surface area (Å²) < 4.78 is 11.1. The number of anilines is 1. The molecule has 2 aromatic carbocycles. The van der Waals surface area contributed by atoms with Gasteiger partial charge in [0.05, 0.1) is 6.20 Å². The Kier molecular flexibility index (Phi) is 4.00. The van der Waals surface area contributed by atoms with Gasteiger partial charge in [-0.1, -0.05) is 18.2 Å². The zero-order valence-electron chi connectivity index (χ0n) is 13.3. The van der Waals surface area contributed by atoms with Gasteiger partial charge < -0.3 is 14.8 Å². The number of hydrogen-bond donors (Lipinski definition) is 1. The first kappa shape index (κ1) is 15.1. The average molecular weight is 333 g/mol. The summed E-state index contributed by atoms with van der Waals surface area (Å²) in [7, 11) is 0. The minimum absolute atomic E-state index is 0.0902. The number of amides is 1. The summed E-state index contributed by atoms with van der Waals surface area (Å²) in [5.74, 6) is 1.42. The fourth-order valence-electron chi connectivity index (χ4n) is 2.67. The van der Waals surface area contributed by atoms with Gasteiger partial charge in [-0.25, -0.2) is 4.98 Å². The van der Waals surface area contributed by atoms with Crippen LogP contribution in [0.1, 0.15) is 11.5 Å². The number of hydrogen-bond acceptors (Lipinski definition) is 5. The SMILES string of the molecule is O=C(Nc1ccc(Oc2cnccn2)cc1)[C@@H]1COc2ccccc21. The molecule has 1 aromatic heterocycles. The van der Waals surface area contributed by atoms with E-state index in [-0.39, 0.29) is 11.8 Å². The van der Waals surface area contributed by atoms with Crippen molar-refractivity contribution in [3.8, 4) is 17.4 Å². The molecule has 0 bridgehead atoms. The number of nitrogens with one attached hydrogen (secondary N) is 1. The quantitative estimate of drug-likeness (QED) is 0.792. The van der Waals surface area contributed by atoms with Crippen LogP contribution in [0.4, 0.5) is 5.69 Å².